The van der Waals surface area contributed by atoms with E-state index in [0.29, 0.717) is 6.54 Å². The predicted molar refractivity (Wildman–Crippen MR) is 96.1 cm³/mol. The van der Waals surface area contributed by atoms with Crippen LogP contribution in [0.3, 0.4) is 0 Å². The molecule has 0 heterocycles. The molecule has 0 aliphatic carbocycles. The van der Waals surface area contributed by atoms with Gasteiger partial charge in [-0.25, -0.2) is 4.79 Å². The van der Waals surface area contributed by atoms with Crippen LogP contribution in [-0.2, 0) is 11.3 Å². The number of methoxy groups -OCH3 is 1. The van der Waals surface area contributed by atoms with Gasteiger partial charge < -0.3 is 10.5 Å². The number of amides is 3. The average molecular weight is 341 g/mol. The van der Waals surface area contributed by atoms with Crippen molar-refractivity contribution in [3.8, 4) is 5.75 Å². The second-order valence-corrected chi connectivity index (χ2v) is 5.90. The summed E-state index contributed by atoms with van der Waals surface area (Å²) < 4.78 is 5.41. The number of nitrogens with zero attached hydrogens (tertiary/aromatic N) is 1. The Morgan fingerprint density at radius 3 is 2.48 bits per heavy atom. The number of nitrogens with one attached hydrogen (secondary N) is 1. The van der Waals surface area contributed by atoms with E-state index in [4.69, 9.17) is 10.5 Å². The summed E-state index contributed by atoms with van der Waals surface area (Å²) in [6, 6.07) is 13.6. The maximum absolute atomic E-state index is 12.5. The molecule has 0 spiro atoms. The van der Waals surface area contributed by atoms with Crippen LogP contribution in [0.25, 0.3) is 0 Å². The highest BCUT2D eigenvalue weighted by atomic mass is 16.5. The molecule has 0 saturated heterocycles. The Hall–Kier alpha value is -2.86. The number of nitrogens with two attached hydrogens (primary N) is 1. The Labute approximate surface area is 147 Å². The van der Waals surface area contributed by atoms with E-state index in [1.165, 1.54) is 0 Å². The normalized spacial score (nSPS) is 11.8. The van der Waals surface area contributed by atoms with Gasteiger partial charge in [0.2, 0.25) is 5.91 Å². The zero-order valence-corrected chi connectivity index (χ0v) is 14.7. The highest BCUT2D eigenvalue weighted by Crippen LogP contribution is 2.26. The molecule has 0 unspecified atom stereocenters. The topological polar surface area (TPSA) is 84.7 Å². The molecule has 3 N–H and O–H groups in total. The molecule has 6 heteroatoms. The number of benzene rings is 2. The van der Waals surface area contributed by atoms with Gasteiger partial charge in [-0.2, -0.15) is 0 Å². The van der Waals surface area contributed by atoms with Crippen LogP contribution in [-0.4, -0.2) is 31.0 Å². The van der Waals surface area contributed by atoms with Crippen molar-refractivity contribution in [1.82, 2.24) is 10.2 Å². The van der Waals surface area contributed by atoms with E-state index >= 15 is 0 Å². The maximum atomic E-state index is 12.5. The second kappa shape index (κ2) is 8.30. The van der Waals surface area contributed by atoms with Gasteiger partial charge in [-0.15, -0.1) is 0 Å². The van der Waals surface area contributed by atoms with E-state index in [1.54, 1.807) is 7.11 Å². The van der Waals surface area contributed by atoms with Crippen molar-refractivity contribution in [2.24, 2.45) is 5.73 Å². The van der Waals surface area contributed by atoms with Gasteiger partial charge in [0, 0.05) is 12.1 Å². The summed E-state index contributed by atoms with van der Waals surface area (Å²) in [6.07, 6.45) is 0. The molecule has 0 aliphatic heterocycles. The van der Waals surface area contributed by atoms with Crippen molar-refractivity contribution in [2.45, 2.75) is 19.5 Å². The van der Waals surface area contributed by atoms with E-state index in [1.807, 2.05) is 67.4 Å². The van der Waals surface area contributed by atoms with Gasteiger partial charge in [0.25, 0.3) is 0 Å². The number of primary amides is 1. The summed E-state index contributed by atoms with van der Waals surface area (Å²) in [4.78, 5) is 25.5. The molecular weight excluding hydrogens is 318 g/mol. The Morgan fingerprint density at radius 1 is 1.20 bits per heavy atom. The molecule has 0 aromatic heterocycles. The van der Waals surface area contributed by atoms with Crippen LogP contribution in [0.2, 0.25) is 0 Å². The molecule has 2 rings (SSSR count). The molecule has 0 bridgehead atoms. The molecule has 132 valence electrons. The lowest BCUT2D eigenvalue weighted by atomic mass is 10.0. The fourth-order valence-electron chi connectivity index (χ4n) is 2.82. The number of hydrogen-bond donors (Lipinski definition) is 2. The largest absolute Gasteiger partial charge is 0.496 e. The zero-order chi connectivity index (χ0) is 18.4. The molecular formula is C19H23N3O3. The Balaban J connectivity index is 2.32. The summed E-state index contributed by atoms with van der Waals surface area (Å²) >= 11 is 0. The number of carbonyl (C=O) groups excluding carboxylic acids is 2. The van der Waals surface area contributed by atoms with Crippen molar-refractivity contribution in [2.75, 3.05) is 14.2 Å². The van der Waals surface area contributed by atoms with Crippen LogP contribution in [0, 0.1) is 6.92 Å². The Bertz CT molecular complexity index is 747. The van der Waals surface area contributed by atoms with E-state index in [2.05, 4.69) is 5.32 Å². The molecule has 1 atom stereocenters. The predicted octanol–water partition coefficient (Wildman–Crippen LogP) is 2.37. The highest BCUT2D eigenvalue weighted by Gasteiger charge is 2.26. The van der Waals surface area contributed by atoms with Gasteiger partial charge in [-0.1, -0.05) is 48.0 Å². The monoisotopic (exact) mass is 341 g/mol. The molecule has 6 nitrogen and oxygen atoms in total. The second-order valence-electron chi connectivity index (χ2n) is 5.90. The number of imide groups is 1. The minimum Gasteiger partial charge on any atom is -0.496 e. The van der Waals surface area contributed by atoms with Crippen LogP contribution in [0.1, 0.15) is 22.7 Å². The van der Waals surface area contributed by atoms with Crippen LogP contribution >= 0.6 is 0 Å². The summed E-state index contributed by atoms with van der Waals surface area (Å²) in [7, 11) is 3.43. The summed E-state index contributed by atoms with van der Waals surface area (Å²) in [5.41, 5.74) is 7.95. The summed E-state index contributed by atoms with van der Waals surface area (Å²) in [6.45, 7) is 2.47. The van der Waals surface area contributed by atoms with E-state index in [9.17, 15) is 9.59 Å². The lowest BCUT2D eigenvalue weighted by Gasteiger charge is -2.27. The van der Waals surface area contributed by atoms with E-state index in [0.717, 1.165) is 22.4 Å². The number of aryl methyl sites for hydroxylation is 1. The molecule has 0 radical (unpaired) electrons. The first-order valence-electron chi connectivity index (χ1n) is 7.91. The average Bonchev–Trinajstić information content (AvgIpc) is 2.55. The first kappa shape index (κ1) is 18.5. The van der Waals surface area contributed by atoms with Gasteiger partial charge in [0.05, 0.1) is 7.11 Å². The van der Waals surface area contributed by atoms with E-state index < -0.39 is 18.0 Å². The molecule has 0 fully saturated rings. The third-order valence-electron chi connectivity index (χ3n) is 3.91. The van der Waals surface area contributed by atoms with Gasteiger partial charge in [-0.3, -0.25) is 15.0 Å². The number of likely N-dealkylation sites (N-methyl/N-ethyl adjacent to an activating group) is 1. The van der Waals surface area contributed by atoms with Crippen LogP contribution in [0.15, 0.2) is 48.5 Å². The highest BCUT2D eigenvalue weighted by molar-refractivity contribution is 5.96. The fraction of sp³-hybridized carbons (Fsp3) is 0.263. The Morgan fingerprint density at radius 2 is 1.88 bits per heavy atom. The summed E-state index contributed by atoms with van der Waals surface area (Å²) in [5, 5.41) is 2.18. The molecule has 0 saturated carbocycles. The quantitative estimate of drug-likeness (QED) is 0.845. The zero-order valence-electron chi connectivity index (χ0n) is 14.7. The minimum atomic E-state index is -0.868. The number of urea groups is 1. The van der Waals surface area contributed by atoms with Crippen molar-refractivity contribution in [3.05, 3.63) is 65.2 Å². The van der Waals surface area contributed by atoms with Gasteiger partial charge >= 0.3 is 6.03 Å². The first-order chi connectivity index (χ1) is 11.9. The maximum Gasteiger partial charge on any atom is 0.318 e. The SMILES string of the molecule is COc1ccc(C)cc1CN(C)[C@H](C(=O)NC(N)=O)c1ccccc1. The third-order valence-corrected chi connectivity index (χ3v) is 3.91. The number of ether oxygens (including phenoxy) is 1. The van der Waals surface area contributed by atoms with Gasteiger partial charge in [0.15, 0.2) is 0 Å². The van der Waals surface area contributed by atoms with Crippen LogP contribution in [0.4, 0.5) is 4.79 Å². The third kappa shape index (κ3) is 4.81. The number of rotatable bonds is 6. The molecule has 2 aromatic rings. The van der Waals surface area contributed by atoms with E-state index in [-0.39, 0.29) is 0 Å². The smallest absolute Gasteiger partial charge is 0.318 e. The summed E-state index contributed by atoms with van der Waals surface area (Å²) in [5.74, 6) is 0.285. The van der Waals surface area contributed by atoms with Gasteiger partial charge in [-0.05, 0) is 25.6 Å². The molecule has 25 heavy (non-hydrogen) atoms. The molecule has 3 amide bonds. The van der Waals surface area contributed by atoms with Crippen molar-refractivity contribution in [3.63, 3.8) is 0 Å². The van der Waals surface area contributed by atoms with Crippen molar-refractivity contribution in [1.29, 1.82) is 0 Å². The van der Waals surface area contributed by atoms with Crippen molar-refractivity contribution < 1.29 is 14.3 Å². The lowest BCUT2D eigenvalue weighted by molar-refractivity contribution is -0.125. The fourth-order valence-corrected chi connectivity index (χ4v) is 2.82. The van der Waals surface area contributed by atoms with Crippen molar-refractivity contribution >= 4 is 11.9 Å². The number of hydrogen-bond acceptors (Lipinski definition) is 4. The van der Waals surface area contributed by atoms with Crippen LogP contribution in [0.5, 0.6) is 5.75 Å². The van der Waals surface area contributed by atoms with Crippen LogP contribution < -0.4 is 15.8 Å². The van der Waals surface area contributed by atoms with Gasteiger partial charge in [0.1, 0.15) is 11.8 Å². The molecule has 0 aliphatic rings. The first-order valence-corrected chi connectivity index (χ1v) is 7.91. The lowest BCUT2D eigenvalue weighted by Crippen LogP contribution is -2.43. The Kier molecular flexibility index (Phi) is 6.14. The number of carbonyl (C=O) groups is 2. The molecule has 2 aromatic carbocycles. The minimum absolute atomic E-state index is 0.465. The standard InChI is InChI=1S/C19H23N3O3/c1-13-9-10-16(25-3)15(11-13)12-22(2)17(18(23)21-19(20)24)14-7-5-4-6-8-14/h4-11,17H,12H2,1-3H3,(H3,20,21,23,24)/t17-/m0/s1.